The number of halogens is 4. The van der Waals surface area contributed by atoms with Crippen molar-refractivity contribution in [1.29, 1.82) is 0 Å². The average Bonchev–Trinajstić information content (AvgIpc) is 2.97. The standard InChI is InChI=1S/C14H17ClF3N5O/c1-5-23-8(3)9(6-19-23)7(2)20-13(24)11-10(15)12(14(16,17)18)22(4)21-11/h6-7H,5H2,1-4H3,(H,20,24). The number of hydrogen-bond acceptors (Lipinski definition) is 3. The Morgan fingerprint density at radius 2 is 2.08 bits per heavy atom. The Kier molecular flexibility index (Phi) is 4.93. The van der Waals surface area contributed by atoms with E-state index < -0.39 is 34.5 Å². The van der Waals surface area contributed by atoms with Gasteiger partial charge in [0.25, 0.3) is 5.91 Å². The summed E-state index contributed by atoms with van der Waals surface area (Å²) in [6.45, 7) is 6.17. The largest absolute Gasteiger partial charge is 0.434 e. The first-order valence-electron chi connectivity index (χ1n) is 7.20. The summed E-state index contributed by atoms with van der Waals surface area (Å²) in [4.78, 5) is 12.3. The second-order valence-corrected chi connectivity index (χ2v) is 5.71. The smallest absolute Gasteiger partial charge is 0.344 e. The van der Waals surface area contributed by atoms with Crippen LogP contribution in [0.3, 0.4) is 0 Å². The third kappa shape index (κ3) is 3.26. The lowest BCUT2D eigenvalue weighted by molar-refractivity contribution is -0.143. The minimum absolute atomic E-state index is 0.454. The molecule has 0 radical (unpaired) electrons. The lowest BCUT2D eigenvalue weighted by atomic mass is 10.1. The second kappa shape index (κ2) is 6.46. The molecule has 0 saturated heterocycles. The molecule has 10 heteroatoms. The lowest BCUT2D eigenvalue weighted by Crippen LogP contribution is -2.27. The Labute approximate surface area is 141 Å². The van der Waals surface area contributed by atoms with Gasteiger partial charge in [-0.1, -0.05) is 11.6 Å². The number of aromatic nitrogens is 4. The highest BCUT2D eigenvalue weighted by Gasteiger charge is 2.40. The maximum absolute atomic E-state index is 12.9. The van der Waals surface area contributed by atoms with E-state index in [-0.39, 0.29) is 0 Å². The van der Waals surface area contributed by atoms with Crippen LogP contribution < -0.4 is 5.32 Å². The Balaban J connectivity index is 2.26. The van der Waals surface area contributed by atoms with Gasteiger partial charge in [0.1, 0.15) is 5.02 Å². The van der Waals surface area contributed by atoms with Gasteiger partial charge in [0.05, 0.1) is 12.2 Å². The third-order valence-electron chi connectivity index (χ3n) is 3.73. The Morgan fingerprint density at radius 1 is 1.46 bits per heavy atom. The molecule has 1 amide bonds. The summed E-state index contributed by atoms with van der Waals surface area (Å²) >= 11 is 5.72. The Bertz CT molecular complexity index is 765. The van der Waals surface area contributed by atoms with Crippen LogP contribution in [0.5, 0.6) is 0 Å². The van der Waals surface area contributed by atoms with Crippen LogP contribution in [0, 0.1) is 6.92 Å². The van der Waals surface area contributed by atoms with Crippen LogP contribution in [0.2, 0.25) is 5.02 Å². The topological polar surface area (TPSA) is 64.7 Å². The lowest BCUT2D eigenvalue weighted by Gasteiger charge is -2.13. The molecule has 0 bridgehead atoms. The van der Waals surface area contributed by atoms with E-state index in [9.17, 15) is 18.0 Å². The van der Waals surface area contributed by atoms with Crippen molar-refractivity contribution < 1.29 is 18.0 Å². The molecule has 132 valence electrons. The van der Waals surface area contributed by atoms with Gasteiger partial charge in [-0.15, -0.1) is 0 Å². The van der Waals surface area contributed by atoms with Crippen LogP contribution >= 0.6 is 11.6 Å². The van der Waals surface area contributed by atoms with Crippen LogP contribution in [0.15, 0.2) is 6.20 Å². The number of alkyl halides is 3. The van der Waals surface area contributed by atoms with Crippen molar-refractivity contribution in [2.24, 2.45) is 7.05 Å². The van der Waals surface area contributed by atoms with E-state index in [0.29, 0.717) is 11.2 Å². The number of amides is 1. The van der Waals surface area contributed by atoms with Crippen LogP contribution in [-0.4, -0.2) is 25.5 Å². The molecule has 0 aliphatic heterocycles. The van der Waals surface area contributed by atoms with E-state index in [1.807, 2.05) is 13.8 Å². The molecular formula is C14H17ClF3N5O. The fraction of sp³-hybridized carbons (Fsp3) is 0.500. The number of carbonyl (C=O) groups excluding carboxylic acids is 1. The maximum Gasteiger partial charge on any atom is 0.434 e. The zero-order valence-electron chi connectivity index (χ0n) is 13.6. The van der Waals surface area contributed by atoms with E-state index in [4.69, 9.17) is 11.6 Å². The van der Waals surface area contributed by atoms with Crippen LogP contribution in [0.25, 0.3) is 0 Å². The summed E-state index contributed by atoms with van der Waals surface area (Å²) in [7, 11) is 1.09. The molecule has 0 aliphatic rings. The number of hydrogen-bond donors (Lipinski definition) is 1. The van der Waals surface area contributed by atoms with Gasteiger partial charge in [0.2, 0.25) is 0 Å². The molecule has 2 aromatic rings. The summed E-state index contributed by atoms with van der Waals surface area (Å²) in [6, 6.07) is -0.454. The molecule has 1 N–H and O–H groups in total. The predicted octanol–water partition coefficient (Wildman–Crippen LogP) is 3.11. The van der Waals surface area contributed by atoms with E-state index in [2.05, 4.69) is 15.5 Å². The van der Waals surface area contributed by atoms with Gasteiger partial charge in [-0.05, 0) is 20.8 Å². The summed E-state index contributed by atoms with van der Waals surface area (Å²) in [5.74, 6) is -0.776. The highest BCUT2D eigenvalue weighted by Crippen LogP contribution is 2.36. The first-order chi connectivity index (χ1) is 11.1. The fourth-order valence-corrected chi connectivity index (χ4v) is 2.85. The molecule has 0 aromatic carbocycles. The van der Waals surface area contributed by atoms with Crippen LogP contribution in [-0.2, 0) is 19.8 Å². The number of carbonyl (C=O) groups is 1. The summed E-state index contributed by atoms with van der Waals surface area (Å²) in [5.41, 5.74) is 0.0255. The van der Waals surface area contributed by atoms with E-state index >= 15 is 0 Å². The van der Waals surface area contributed by atoms with Gasteiger partial charge in [-0.2, -0.15) is 23.4 Å². The molecule has 1 unspecified atom stereocenters. The molecule has 0 fully saturated rings. The molecule has 0 saturated carbocycles. The quantitative estimate of drug-likeness (QED) is 0.907. The monoisotopic (exact) mass is 363 g/mol. The molecule has 24 heavy (non-hydrogen) atoms. The zero-order chi connectivity index (χ0) is 18.2. The van der Waals surface area contributed by atoms with E-state index in [1.165, 1.54) is 0 Å². The summed E-state index contributed by atoms with van der Waals surface area (Å²) in [5, 5.41) is 9.66. The first-order valence-corrected chi connectivity index (χ1v) is 7.58. The molecule has 1 atom stereocenters. The highest BCUT2D eigenvalue weighted by molar-refractivity contribution is 6.34. The molecular weight excluding hydrogens is 347 g/mol. The first kappa shape index (κ1) is 18.3. The Morgan fingerprint density at radius 3 is 2.54 bits per heavy atom. The third-order valence-corrected chi connectivity index (χ3v) is 4.09. The molecule has 2 heterocycles. The molecule has 2 aromatic heterocycles. The van der Waals surface area contributed by atoms with E-state index in [0.717, 1.165) is 18.3 Å². The number of rotatable bonds is 4. The van der Waals surface area contributed by atoms with Gasteiger partial charge >= 0.3 is 6.18 Å². The number of nitrogens with zero attached hydrogens (tertiary/aromatic N) is 4. The minimum Gasteiger partial charge on any atom is -0.344 e. The van der Waals surface area contributed by atoms with Crippen molar-refractivity contribution >= 4 is 17.5 Å². The Hall–Kier alpha value is -2.03. The van der Waals surface area contributed by atoms with Gasteiger partial charge < -0.3 is 5.32 Å². The van der Waals surface area contributed by atoms with Gasteiger partial charge in [-0.25, -0.2) is 0 Å². The second-order valence-electron chi connectivity index (χ2n) is 5.33. The van der Waals surface area contributed by atoms with Gasteiger partial charge in [-0.3, -0.25) is 14.2 Å². The molecule has 2 rings (SSSR count). The normalized spacial score (nSPS) is 13.2. The fourth-order valence-electron chi connectivity index (χ4n) is 2.50. The minimum atomic E-state index is -4.69. The van der Waals surface area contributed by atoms with E-state index in [1.54, 1.807) is 17.8 Å². The summed E-state index contributed by atoms with van der Waals surface area (Å²) < 4.78 is 41.1. The SMILES string of the molecule is CCn1ncc(C(C)NC(=O)c2nn(C)c(C(F)(F)F)c2Cl)c1C. The predicted molar refractivity (Wildman–Crippen MR) is 81.7 cm³/mol. The van der Waals surface area contributed by atoms with Crippen molar-refractivity contribution in [2.45, 2.75) is 39.5 Å². The van der Waals surface area contributed by atoms with Crippen molar-refractivity contribution in [1.82, 2.24) is 24.9 Å². The van der Waals surface area contributed by atoms with Crippen molar-refractivity contribution in [3.63, 3.8) is 0 Å². The van der Waals surface area contributed by atoms with Gasteiger partial charge in [0.15, 0.2) is 11.4 Å². The van der Waals surface area contributed by atoms with Crippen LogP contribution in [0.4, 0.5) is 13.2 Å². The average molecular weight is 364 g/mol. The molecule has 6 nitrogen and oxygen atoms in total. The van der Waals surface area contributed by atoms with Crippen molar-refractivity contribution in [2.75, 3.05) is 0 Å². The molecule has 0 spiro atoms. The molecule has 0 aliphatic carbocycles. The van der Waals surface area contributed by atoms with Crippen molar-refractivity contribution in [3.05, 3.63) is 33.9 Å². The van der Waals surface area contributed by atoms with Crippen LogP contribution in [0.1, 0.15) is 47.3 Å². The number of aryl methyl sites for hydroxylation is 2. The maximum atomic E-state index is 12.9. The van der Waals surface area contributed by atoms with Crippen molar-refractivity contribution in [3.8, 4) is 0 Å². The van der Waals surface area contributed by atoms with Gasteiger partial charge in [0, 0.05) is 24.8 Å². The highest BCUT2D eigenvalue weighted by atomic mass is 35.5. The summed E-state index contributed by atoms with van der Waals surface area (Å²) in [6.07, 6.45) is -3.08. The number of nitrogens with one attached hydrogen (secondary N) is 1. The zero-order valence-corrected chi connectivity index (χ0v) is 14.3.